The first-order chi connectivity index (χ1) is 35.0. The van der Waals surface area contributed by atoms with Gasteiger partial charge >= 0.3 is 17.9 Å². The molecule has 0 spiro atoms. The van der Waals surface area contributed by atoms with Crippen molar-refractivity contribution in [2.45, 2.75) is 271 Å². The summed E-state index contributed by atoms with van der Waals surface area (Å²) in [5.41, 5.74) is 0. The van der Waals surface area contributed by atoms with Gasteiger partial charge in [0.15, 0.2) is 6.10 Å². The lowest BCUT2D eigenvalue weighted by molar-refractivity contribution is -0.167. The zero-order valence-electron chi connectivity index (χ0n) is 46.2. The van der Waals surface area contributed by atoms with E-state index in [4.69, 9.17) is 14.2 Å². The Morgan fingerprint density at radius 1 is 0.282 bits per heavy atom. The summed E-state index contributed by atoms with van der Waals surface area (Å²) in [7, 11) is 0. The maximum atomic E-state index is 12.9. The van der Waals surface area contributed by atoms with E-state index in [9.17, 15) is 14.4 Å². The van der Waals surface area contributed by atoms with E-state index in [1.165, 1.54) is 116 Å². The molecule has 0 heterocycles. The Bertz CT molecular complexity index is 1460. The quantitative estimate of drug-likeness (QED) is 0.0261. The second-order valence-electron chi connectivity index (χ2n) is 19.4. The maximum Gasteiger partial charge on any atom is 0.306 e. The first-order valence-electron chi connectivity index (χ1n) is 29.5. The molecule has 0 aromatic heterocycles. The minimum absolute atomic E-state index is 0.0960. The third kappa shape index (κ3) is 56.9. The van der Waals surface area contributed by atoms with Crippen molar-refractivity contribution in [3.05, 3.63) is 109 Å². The van der Waals surface area contributed by atoms with Crippen LogP contribution in [0.15, 0.2) is 109 Å². The molecule has 0 rings (SSSR count). The SMILES string of the molecule is CCC\C=C/C=C\C=C/C=C\C=C/CCCCCCCC(=O)OCC(COC(=O)CCCCCCCCCCCCCCCCCCC)OC(=O)CCCCCCC\C=C/C=C\C=C/C=C\CCCCC. The number of allylic oxidation sites excluding steroid dienone is 18. The Hall–Kier alpha value is -3.93. The largest absolute Gasteiger partial charge is 0.462 e. The molecule has 0 aliphatic carbocycles. The molecule has 0 aromatic rings. The fraction of sp³-hybridized carbons (Fsp3) is 0.677. The molecule has 6 nitrogen and oxygen atoms in total. The number of hydrogen-bond donors (Lipinski definition) is 0. The summed E-state index contributed by atoms with van der Waals surface area (Å²) >= 11 is 0. The van der Waals surface area contributed by atoms with Gasteiger partial charge in [-0.1, -0.05) is 291 Å². The molecule has 0 N–H and O–H groups in total. The molecule has 0 radical (unpaired) electrons. The van der Waals surface area contributed by atoms with Crippen LogP contribution in [0.2, 0.25) is 0 Å². The highest BCUT2D eigenvalue weighted by Gasteiger charge is 2.19. The van der Waals surface area contributed by atoms with Crippen molar-refractivity contribution in [1.82, 2.24) is 0 Å². The van der Waals surface area contributed by atoms with Crippen molar-refractivity contribution < 1.29 is 28.6 Å². The number of rotatable bonds is 52. The average Bonchev–Trinajstić information content (AvgIpc) is 3.37. The minimum atomic E-state index is -0.803. The van der Waals surface area contributed by atoms with Crippen LogP contribution in [0.4, 0.5) is 0 Å². The fourth-order valence-corrected chi connectivity index (χ4v) is 8.01. The summed E-state index contributed by atoms with van der Waals surface area (Å²) in [6.07, 6.45) is 79.2. The van der Waals surface area contributed by atoms with Crippen LogP contribution < -0.4 is 0 Å². The monoisotopic (exact) mass is 985 g/mol. The van der Waals surface area contributed by atoms with Gasteiger partial charge in [-0.05, 0) is 64.2 Å². The molecule has 6 heteroatoms. The Morgan fingerprint density at radius 3 is 0.873 bits per heavy atom. The zero-order valence-corrected chi connectivity index (χ0v) is 46.2. The van der Waals surface area contributed by atoms with E-state index in [0.717, 1.165) is 109 Å². The van der Waals surface area contributed by atoms with Gasteiger partial charge in [0.2, 0.25) is 0 Å². The molecule has 1 atom stereocenters. The van der Waals surface area contributed by atoms with Gasteiger partial charge in [0, 0.05) is 19.3 Å². The lowest BCUT2D eigenvalue weighted by atomic mass is 10.0. The lowest BCUT2D eigenvalue weighted by Gasteiger charge is -2.18. The number of ether oxygens (including phenoxy) is 3. The number of carbonyl (C=O) groups is 3. The zero-order chi connectivity index (χ0) is 51.4. The van der Waals surface area contributed by atoms with Crippen LogP contribution in [0.25, 0.3) is 0 Å². The van der Waals surface area contributed by atoms with Crippen LogP contribution in [0.5, 0.6) is 0 Å². The number of hydrogen-bond acceptors (Lipinski definition) is 6. The molecule has 0 saturated carbocycles. The van der Waals surface area contributed by atoms with Crippen molar-refractivity contribution in [1.29, 1.82) is 0 Å². The Kier molecular flexibility index (Phi) is 55.4. The minimum Gasteiger partial charge on any atom is -0.462 e. The molecule has 0 aromatic carbocycles. The Labute approximate surface area is 438 Å². The van der Waals surface area contributed by atoms with Crippen LogP contribution >= 0.6 is 0 Å². The topological polar surface area (TPSA) is 78.9 Å². The summed E-state index contributed by atoms with van der Waals surface area (Å²) in [5, 5.41) is 0. The second kappa shape index (κ2) is 58.6. The van der Waals surface area contributed by atoms with Crippen LogP contribution in [0, 0.1) is 0 Å². The molecule has 0 fully saturated rings. The van der Waals surface area contributed by atoms with Crippen molar-refractivity contribution in [3.63, 3.8) is 0 Å². The van der Waals surface area contributed by atoms with Crippen LogP contribution in [0.1, 0.15) is 265 Å². The molecule has 0 aliphatic rings. The normalized spacial score (nSPS) is 12.9. The van der Waals surface area contributed by atoms with Gasteiger partial charge in [-0.25, -0.2) is 0 Å². The molecule has 71 heavy (non-hydrogen) atoms. The van der Waals surface area contributed by atoms with E-state index in [0.29, 0.717) is 19.3 Å². The Morgan fingerprint density at radius 2 is 0.535 bits per heavy atom. The van der Waals surface area contributed by atoms with Gasteiger partial charge in [0.25, 0.3) is 0 Å². The molecule has 0 amide bonds. The van der Waals surface area contributed by atoms with E-state index < -0.39 is 6.10 Å². The van der Waals surface area contributed by atoms with Crippen LogP contribution in [-0.4, -0.2) is 37.2 Å². The van der Waals surface area contributed by atoms with Crippen LogP contribution in [0.3, 0.4) is 0 Å². The maximum absolute atomic E-state index is 12.9. The summed E-state index contributed by atoms with van der Waals surface area (Å²) in [5.74, 6) is -0.940. The number of esters is 3. The molecule has 1 unspecified atom stereocenters. The van der Waals surface area contributed by atoms with Gasteiger partial charge in [-0.3, -0.25) is 14.4 Å². The third-order valence-corrected chi connectivity index (χ3v) is 12.5. The predicted octanol–water partition coefficient (Wildman–Crippen LogP) is 19.9. The van der Waals surface area contributed by atoms with E-state index in [-0.39, 0.29) is 31.1 Å². The Balaban J connectivity index is 4.50. The highest BCUT2D eigenvalue weighted by molar-refractivity contribution is 5.71. The summed E-state index contributed by atoms with van der Waals surface area (Å²) < 4.78 is 16.9. The van der Waals surface area contributed by atoms with Gasteiger partial charge in [0.1, 0.15) is 13.2 Å². The number of carbonyl (C=O) groups excluding carboxylic acids is 3. The van der Waals surface area contributed by atoms with E-state index >= 15 is 0 Å². The lowest BCUT2D eigenvalue weighted by Crippen LogP contribution is -2.30. The van der Waals surface area contributed by atoms with Gasteiger partial charge < -0.3 is 14.2 Å². The van der Waals surface area contributed by atoms with Crippen LogP contribution in [-0.2, 0) is 28.6 Å². The van der Waals surface area contributed by atoms with E-state index in [2.05, 4.69) is 106 Å². The third-order valence-electron chi connectivity index (χ3n) is 12.5. The molecular formula is C65H108O6. The summed E-state index contributed by atoms with van der Waals surface area (Å²) in [6, 6.07) is 0. The summed E-state index contributed by atoms with van der Waals surface area (Å²) in [4.78, 5) is 38.2. The van der Waals surface area contributed by atoms with E-state index in [1.807, 2.05) is 24.3 Å². The fourth-order valence-electron chi connectivity index (χ4n) is 8.01. The average molecular weight is 986 g/mol. The van der Waals surface area contributed by atoms with E-state index in [1.54, 1.807) is 0 Å². The molecule has 404 valence electrons. The summed E-state index contributed by atoms with van der Waals surface area (Å²) in [6.45, 7) is 6.49. The molecular weight excluding hydrogens is 877 g/mol. The highest BCUT2D eigenvalue weighted by atomic mass is 16.6. The first kappa shape index (κ1) is 67.1. The van der Waals surface area contributed by atoms with Crippen molar-refractivity contribution in [2.75, 3.05) is 13.2 Å². The van der Waals surface area contributed by atoms with Crippen molar-refractivity contribution >= 4 is 17.9 Å². The highest BCUT2D eigenvalue weighted by Crippen LogP contribution is 2.16. The second-order valence-corrected chi connectivity index (χ2v) is 19.4. The van der Waals surface area contributed by atoms with Gasteiger partial charge in [-0.2, -0.15) is 0 Å². The van der Waals surface area contributed by atoms with Gasteiger partial charge in [-0.15, -0.1) is 0 Å². The molecule has 0 aliphatic heterocycles. The van der Waals surface area contributed by atoms with Crippen molar-refractivity contribution in [2.24, 2.45) is 0 Å². The smallest absolute Gasteiger partial charge is 0.306 e. The standard InChI is InChI=1S/C65H108O6/c1-4-7-10-13-16-19-22-25-28-31-34-37-40-43-46-49-52-55-58-64(67)70-61-62(60-69-63(66)57-54-51-48-45-42-39-36-33-30-27-24-21-18-15-12-9-6-3)71-65(68)59-56-53-50-47-44-41-38-35-32-29-26-23-20-17-14-11-8-5-2/h10,13,16-17,19-20,22-23,25-26,28-29,31-32,34-35,37-38,62H,4-9,11-12,14-15,18,21,24,27,30,33,36,39-61H2,1-3H3/b13-10-,19-16-,20-17-,25-22-,26-23-,31-28-,32-29-,37-34-,38-35-. The van der Waals surface area contributed by atoms with Crippen molar-refractivity contribution in [3.8, 4) is 0 Å². The van der Waals surface area contributed by atoms with Gasteiger partial charge in [0.05, 0.1) is 0 Å². The predicted molar refractivity (Wildman–Crippen MR) is 307 cm³/mol. The first-order valence-corrected chi connectivity index (χ1v) is 29.5. The molecule has 0 bridgehead atoms. The number of unbranched alkanes of at least 4 members (excludes halogenated alkanes) is 30. The molecule has 0 saturated heterocycles.